The van der Waals surface area contributed by atoms with Gasteiger partial charge in [0.25, 0.3) is 0 Å². The average molecular weight is 190 g/mol. The number of hydrogen-bond donors (Lipinski definition) is 2. The van der Waals surface area contributed by atoms with E-state index in [0.717, 1.165) is 0 Å². The zero-order valence-corrected chi connectivity index (χ0v) is 6.78. The highest BCUT2D eigenvalue weighted by Gasteiger charge is 2.10. The highest BCUT2D eigenvalue weighted by molar-refractivity contribution is 5.21. The lowest BCUT2D eigenvalue weighted by atomic mass is 10.1. The Hall–Kier alpha value is -1.07. The van der Waals surface area contributed by atoms with Gasteiger partial charge < -0.3 is 0 Å². The van der Waals surface area contributed by atoms with Crippen LogP contribution < -0.4 is 11.3 Å². The Morgan fingerprint density at radius 3 is 2.15 bits per heavy atom. The molecule has 5 heteroatoms. The molecule has 72 valence electrons. The first-order chi connectivity index (χ1) is 6.15. The summed E-state index contributed by atoms with van der Waals surface area (Å²) in [4.78, 5) is 0. The van der Waals surface area contributed by atoms with Crippen LogP contribution in [-0.2, 0) is 6.42 Å². The SMILES string of the molecule is NNCCc1c(F)cc(F)cc1F. The van der Waals surface area contributed by atoms with Crippen molar-refractivity contribution in [1.29, 1.82) is 0 Å². The van der Waals surface area contributed by atoms with Gasteiger partial charge >= 0.3 is 0 Å². The van der Waals surface area contributed by atoms with Gasteiger partial charge in [0.2, 0.25) is 0 Å². The normalized spacial score (nSPS) is 10.5. The van der Waals surface area contributed by atoms with Gasteiger partial charge in [-0.25, -0.2) is 13.2 Å². The van der Waals surface area contributed by atoms with E-state index in [1.807, 2.05) is 0 Å². The molecule has 0 spiro atoms. The first-order valence-electron chi connectivity index (χ1n) is 3.72. The van der Waals surface area contributed by atoms with Gasteiger partial charge in [-0.05, 0) is 6.42 Å². The average Bonchev–Trinajstić information content (AvgIpc) is 2.02. The largest absolute Gasteiger partial charge is 0.271 e. The molecule has 0 amide bonds. The zero-order chi connectivity index (χ0) is 9.84. The predicted molar refractivity (Wildman–Crippen MR) is 42.2 cm³/mol. The van der Waals surface area contributed by atoms with Gasteiger partial charge in [0, 0.05) is 24.2 Å². The van der Waals surface area contributed by atoms with E-state index in [9.17, 15) is 13.2 Å². The first-order valence-corrected chi connectivity index (χ1v) is 3.72. The monoisotopic (exact) mass is 190 g/mol. The molecule has 1 aromatic carbocycles. The molecule has 0 aliphatic heterocycles. The summed E-state index contributed by atoms with van der Waals surface area (Å²) in [6.45, 7) is 0.236. The number of hydrazine groups is 1. The van der Waals surface area contributed by atoms with Gasteiger partial charge in [-0.15, -0.1) is 0 Å². The Labute approximate surface area is 73.5 Å². The van der Waals surface area contributed by atoms with Gasteiger partial charge in [0.15, 0.2) is 0 Å². The third kappa shape index (κ3) is 2.43. The maximum Gasteiger partial charge on any atom is 0.132 e. The summed E-state index contributed by atoms with van der Waals surface area (Å²) >= 11 is 0. The summed E-state index contributed by atoms with van der Waals surface area (Å²) in [6, 6.07) is 1.30. The summed E-state index contributed by atoms with van der Waals surface area (Å²) in [6.07, 6.45) is 0.0917. The molecule has 0 radical (unpaired) electrons. The minimum absolute atomic E-state index is 0.0917. The van der Waals surface area contributed by atoms with E-state index in [1.165, 1.54) is 0 Å². The third-order valence-corrected chi connectivity index (χ3v) is 1.63. The van der Waals surface area contributed by atoms with Crippen LogP contribution in [0.2, 0.25) is 0 Å². The first kappa shape index (κ1) is 10.0. The smallest absolute Gasteiger partial charge is 0.132 e. The van der Waals surface area contributed by atoms with E-state index < -0.39 is 17.5 Å². The number of nitrogens with two attached hydrogens (primary N) is 1. The summed E-state index contributed by atoms with van der Waals surface area (Å²) in [5.74, 6) is 2.26. The second-order valence-electron chi connectivity index (χ2n) is 2.55. The molecule has 13 heavy (non-hydrogen) atoms. The summed E-state index contributed by atoms with van der Waals surface area (Å²) in [7, 11) is 0. The van der Waals surface area contributed by atoms with Gasteiger partial charge in [-0.2, -0.15) is 0 Å². The fourth-order valence-electron chi connectivity index (χ4n) is 1.01. The maximum absolute atomic E-state index is 12.9. The summed E-state index contributed by atoms with van der Waals surface area (Å²) in [5.41, 5.74) is 2.10. The van der Waals surface area contributed by atoms with Crippen molar-refractivity contribution in [1.82, 2.24) is 5.43 Å². The van der Waals surface area contributed by atoms with Gasteiger partial charge in [0.05, 0.1) is 0 Å². The van der Waals surface area contributed by atoms with Crippen LogP contribution in [0.3, 0.4) is 0 Å². The van der Waals surface area contributed by atoms with Crippen LogP contribution in [0.5, 0.6) is 0 Å². The van der Waals surface area contributed by atoms with Gasteiger partial charge in [-0.3, -0.25) is 11.3 Å². The van der Waals surface area contributed by atoms with Crippen molar-refractivity contribution in [3.63, 3.8) is 0 Å². The molecule has 0 aliphatic rings. The number of rotatable bonds is 3. The van der Waals surface area contributed by atoms with E-state index in [-0.39, 0.29) is 18.5 Å². The molecule has 0 bridgehead atoms. The van der Waals surface area contributed by atoms with Crippen LogP contribution in [0.15, 0.2) is 12.1 Å². The van der Waals surface area contributed by atoms with Gasteiger partial charge in [0.1, 0.15) is 17.5 Å². The maximum atomic E-state index is 12.9. The van der Waals surface area contributed by atoms with E-state index in [1.54, 1.807) is 0 Å². The Morgan fingerprint density at radius 1 is 1.15 bits per heavy atom. The summed E-state index contributed by atoms with van der Waals surface area (Å²) in [5, 5.41) is 0. The number of nitrogens with one attached hydrogen (secondary N) is 1. The lowest BCUT2D eigenvalue weighted by Crippen LogP contribution is -2.25. The molecular formula is C8H9F3N2. The fraction of sp³-hybridized carbons (Fsp3) is 0.250. The molecule has 0 aliphatic carbocycles. The second-order valence-corrected chi connectivity index (χ2v) is 2.55. The van der Waals surface area contributed by atoms with Gasteiger partial charge in [-0.1, -0.05) is 0 Å². The zero-order valence-electron chi connectivity index (χ0n) is 6.78. The highest BCUT2D eigenvalue weighted by atomic mass is 19.1. The molecule has 0 fully saturated rings. The second kappa shape index (κ2) is 4.25. The quantitative estimate of drug-likeness (QED) is 0.553. The minimum atomic E-state index is -0.917. The molecule has 0 atom stereocenters. The van der Waals surface area contributed by atoms with Crippen LogP contribution in [-0.4, -0.2) is 6.54 Å². The summed E-state index contributed by atoms with van der Waals surface area (Å²) < 4.78 is 38.2. The number of halogens is 3. The van der Waals surface area contributed by atoms with Crippen molar-refractivity contribution in [2.24, 2.45) is 5.84 Å². The Bertz CT molecular complexity index is 278. The van der Waals surface area contributed by atoms with Crippen LogP contribution in [0.4, 0.5) is 13.2 Å². The van der Waals surface area contributed by atoms with Crippen LogP contribution in [0, 0.1) is 17.5 Å². The molecule has 3 N–H and O–H groups in total. The highest BCUT2D eigenvalue weighted by Crippen LogP contribution is 2.14. The Balaban J connectivity index is 2.92. The molecule has 0 aromatic heterocycles. The topological polar surface area (TPSA) is 38.0 Å². The molecule has 0 heterocycles. The molecule has 0 unspecified atom stereocenters. The van der Waals surface area contributed by atoms with Crippen molar-refractivity contribution in [2.45, 2.75) is 6.42 Å². The number of benzene rings is 1. The Morgan fingerprint density at radius 2 is 1.69 bits per heavy atom. The van der Waals surface area contributed by atoms with Crippen molar-refractivity contribution < 1.29 is 13.2 Å². The van der Waals surface area contributed by atoms with E-state index in [2.05, 4.69) is 5.43 Å². The molecule has 0 saturated heterocycles. The molecule has 2 nitrogen and oxygen atoms in total. The predicted octanol–water partition coefficient (Wildman–Crippen LogP) is 1.11. The van der Waals surface area contributed by atoms with E-state index >= 15 is 0 Å². The van der Waals surface area contributed by atoms with Crippen molar-refractivity contribution >= 4 is 0 Å². The molecule has 1 aromatic rings. The van der Waals surface area contributed by atoms with Crippen molar-refractivity contribution in [3.8, 4) is 0 Å². The lowest BCUT2D eigenvalue weighted by Gasteiger charge is -2.04. The van der Waals surface area contributed by atoms with E-state index in [4.69, 9.17) is 5.84 Å². The molecule has 1 rings (SSSR count). The standard InChI is InChI=1S/C8H9F3N2/c9-5-3-7(10)6(1-2-13-12)8(11)4-5/h3-4,13H,1-2,12H2. The lowest BCUT2D eigenvalue weighted by molar-refractivity contribution is 0.519. The van der Waals surface area contributed by atoms with Crippen LogP contribution >= 0.6 is 0 Å². The molecular weight excluding hydrogens is 181 g/mol. The fourth-order valence-corrected chi connectivity index (χ4v) is 1.01. The molecule has 0 saturated carbocycles. The van der Waals surface area contributed by atoms with Crippen LogP contribution in [0.25, 0.3) is 0 Å². The third-order valence-electron chi connectivity index (χ3n) is 1.63. The van der Waals surface area contributed by atoms with E-state index in [0.29, 0.717) is 12.1 Å². The minimum Gasteiger partial charge on any atom is -0.271 e. The number of hydrogen-bond acceptors (Lipinski definition) is 2. The van der Waals surface area contributed by atoms with Crippen molar-refractivity contribution in [2.75, 3.05) is 6.54 Å². The van der Waals surface area contributed by atoms with Crippen molar-refractivity contribution in [3.05, 3.63) is 35.1 Å². The Kier molecular flexibility index (Phi) is 3.27. The van der Waals surface area contributed by atoms with Crippen LogP contribution in [0.1, 0.15) is 5.56 Å².